The molecule has 1 fully saturated rings. The van der Waals surface area contributed by atoms with Crippen LogP contribution in [-0.4, -0.2) is 37.4 Å². The first-order valence-electron chi connectivity index (χ1n) is 6.64. The van der Waals surface area contributed by atoms with E-state index in [0.29, 0.717) is 13.2 Å². The van der Waals surface area contributed by atoms with E-state index < -0.39 is 17.7 Å². The zero-order chi connectivity index (χ0) is 15.9. The lowest BCUT2D eigenvalue weighted by Crippen LogP contribution is -2.53. The van der Waals surface area contributed by atoms with Crippen molar-refractivity contribution < 1.29 is 23.8 Å². The van der Waals surface area contributed by atoms with E-state index in [2.05, 4.69) is 25.1 Å². The highest BCUT2D eigenvalue weighted by molar-refractivity contribution is 5.88. The van der Waals surface area contributed by atoms with Crippen molar-refractivity contribution in [3.63, 3.8) is 0 Å². The van der Waals surface area contributed by atoms with E-state index in [1.54, 1.807) is 6.08 Å². The van der Waals surface area contributed by atoms with Gasteiger partial charge in [-0.2, -0.15) is 0 Å². The summed E-state index contributed by atoms with van der Waals surface area (Å²) < 4.78 is 15.8. The summed E-state index contributed by atoms with van der Waals surface area (Å²) in [5.74, 6) is -2.28. The Balaban J connectivity index is 2.54. The fourth-order valence-corrected chi connectivity index (χ4v) is 1.67. The van der Waals surface area contributed by atoms with E-state index >= 15 is 0 Å². The monoisotopic (exact) mass is 295 g/mol. The first-order chi connectivity index (χ1) is 9.91. The quantitative estimate of drug-likeness (QED) is 0.333. The maximum atomic E-state index is 12.2. The zero-order valence-corrected chi connectivity index (χ0v) is 12.3. The molecule has 1 amide bonds. The highest BCUT2D eigenvalue weighted by Gasteiger charge is 2.41. The Morgan fingerprint density at radius 3 is 2.48 bits per heavy atom. The Kier molecular flexibility index (Phi) is 6.33. The number of carbonyl (C=O) groups excluding carboxylic acids is 2. The summed E-state index contributed by atoms with van der Waals surface area (Å²) in [5, 5.41) is 2.58. The van der Waals surface area contributed by atoms with Crippen LogP contribution in [0, 0.1) is 0 Å². The van der Waals surface area contributed by atoms with Crippen LogP contribution >= 0.6 is 0 Å². The third-order valence-electron chi connectivity index (χ3n) is 2.75. The normalized spacial score (nSPS) is 16.6. The van der Waals surface area contributed by atoms with Gasteiger partial charge in [0, 0.05) is 12.0 Å². The summed E-state index contributed by atoms with van der Waals surface area (Å²) in [4.78, 5) is 23.5. The number of carbonyl (C=O) groups is 2. The van der Waals surface area contributed by atoms with Gasteiger partial charge in [-0.3, -0.25) is 4.79 Å². The fourth-order valence-electron chi connectivity index (χ4n) is 1.67. The van der Waals surface area contributed by atoms with Gasteiger partial charge < -0.3 is 19.5 Å². The minimum absolute atomic E-state index is 0.0243. The molecule has 1 N–H and O–H groups in total. The average molecular weight is 295 g/mol. The van der Waals surface area contributed by atoms with Crippen molar-refractivity contribution in [3.05, 3.63) is 37.1 Å². The zero-order valence-electron chi connectivity index (χ0n) is 12.3. The highest BCUT2D eigenvalue weighted by atomic mass is 16.7. The molecule has 0 saturated carbocycles. The standard InChI is InChI=1S/C15H21NO5/c1-5-7-15(19-8-6-9-20-15)14(18)16-10-12(4)21-13(17)11(2)3/h5H,1-2,4,6-10H2,3H3,(H,16,18). The number of esters is 1. The number of amides is 1. The molecule has 0 radical (unpaired) electrons. The van der Waals surface area contributed by atoms with E-state index in [1.807, 2.05) is 0 Å². The molecule has 1 rings (SSSR count). The molecule has 0 aromatic rings. The molecular formula is C15H21NO5. The second-order valence-electron chi connectivity index (χ2n) is 4.69. The van der Waals surface area contributed by atoms with Crippen molar-refractivity contribution in [1.29, 1.82) is 0 Å². The Labute approximate surface area is 124 Å². The summed E-state index contributed by atoms with van der Waals surface area (Å²) in [6.07, 6.45) is 2.52. The van der Waals surface area contributed by atoms with Gasteiger partial charge in [-0.25, -0.2) is 4.79 Å². The summed E-state index contributed by atoms with van der Waals surface area (Å²) in [6, 6.07) is 0. The van der Waals surface area contributed by atoms with Crippen LogP contribution in [0.4, 0.5) is 0 Å². The third kappa shape index (κ3) is 4.84. The summed E-state index contributed by atoms with van der Waals surface area (Å²) in [7, 11) is 0. The van der Waals surface area contributed by atoms with Crippen molar-refractivity contribution in [3.8, 4) is 0 Å². The van der Waals surface area contributed by atoms with Gasteiger partial charge in [0.15, 0.2) is 0 Å². The minimum atomic E-state index is -1.36. The molecule has 0 spiro atoms. The molecule has 0 aliphatic carbocycles. The summed E-state index contributed by atoms with van der Waals surface area (Å²) >= 11 is 0. The topological polar surface area (TPSA) is 73.9 Å². The number of hydrogen-bond donors (Lipinski definition) is 1. The lowest BCUT2D eigenvalue weighted by Gasteiger charge is -2.34. The second kappa shape index (κ2) is 7.75. The largest absolute Gasteiger partial charge is 0.426 e. The van der Waals surface area contributed by atoms with Crippen LogP contribution in [0.1, 0.15) is 19.8 Å². The molecule has 1 saturated heterocycles. The molecule has 116 valence electrons. The van der Waals surface area contributed by atoms with Crippen molar-refractivity contribution in [2.45, 2.75) is 25.6 Å². The molecule has 0 aromatic carbocycles. The van der Waals surface area contributed by atoms with E-state index in [1.165, 1.54) is 6.92 Å². The molecule has 0 unspecified atom stereocenters. The molecule has 6 heteroatoms. The number of rotatable bonds is 7. The molecule has 0 aromatic heterocycles. The van der Waals surface area contributed by atoms with Crippen LogP contribution in [0.15, 0.2) is 37.1 Å². The predicted octanol–water partition coefficient (Wildman–Crippen LogP) is 1.44. The lowest BCUT2D eigenvalue weighted by atomic mass is 10.1. The van der Waals surface area contributed by atoms with E-state index in [-0.39, 0.29) is 24.3 Å². The number of hydrogen-bond acceptors (Lipinski definition) is 5. The van der Waals surface area contributed by atoms with Gasteiger partial charge >= 0.3 is 5.97 Å². The SMILES string of the molecule is C=CCC1(C(=O)NCC(=C)OC(=O)C(=C)C)OCCCO1. The first-order valence-corrected chi connectivity index (χ1v) is 6.64. The smallest absolute Gasteiger partial charge is 0.338 e. The molecular weight excluding hydrogens is 274 g/mol. The Morgan fingerprint density at radius 1 is 1.33 bits per heavy atom. The molecule has 21 heavy (non-hydrogen) atoms. The molecule has 1 aliphatic heterocycles. The van der Waals surface area contributed by atoms with E-state index in [4.69, 9.17) is 14.2 Å². The maximum Gasteiger partial charge on any atom is 0.338 e. The fraction of sp³-hybridized carbons (Fsp3) is 0.467. The predicted molar refractivity (Wildman–Crippen MR) is 77.1 cm³/mol. The molecule has 1 aliphatic rings. The number of nitrogens with one attached hydrogen (secondary N) is 1. The number of ether oxygens (including phenoxy) is 3. The van der Waals surface area contributed by atoms with Gasteiger partial charge in [0.25, 0.3) is 11.7 Å². The van der Waals surface area contributed by atoms with Crippen LogP contribution in [0.25, 0.3) is 0 Å². The van der Waals surface area contributed by atoms with Gasteiger partial charge in [0.05, 0.1) is 19.8 Å². The molecule has 0 bridgehead atoms. The van der Waals surface area contributed by atoms with Gasteiger partial charge in [-0.15, -0.1) is 6.58 Å². The molecule has 6 nitrogen and oxygen atoms in total. The average Bonchev–Trinajstić information content (AvgIpc) is 2.45. The molecule has 0 atom stereocenters. The first kappa shape index (κ1) is 17.1. The summed E-state index contributed by atoms with van der Waals surface area (Å²) in [5.41, 5.74) is 0.254. The Bertz CT molecular complexity index is 449. The van der Waals surface area contributed by atoms with Crippen molar-refractivity contribution >= 4 is 11.9 Å². The van der Waals surface area contributed by atoms with E-state index in [0.717, 1.165) is 6.42 Å². The third-order valence-corrected chi connectivity index (χ3v) is 2.75. The van der Waals surface area contributed by atoms with Crippen LogP contribution in [0.5, 0.6) is 0 Å². The van der Waals surface area contributed by atoms with Gasteiger partial charge in [0.1, 0.15) is 5.76 Å². The van der Waals surface area contributed by atoms with E-state index in [9.17, 15) is 9.59 Å². The lowest BCUT2D eigenvalue weighted by molar-refractivity contribution is -0.252. The van der Waals surface area contributed by atoms with Crippen molar-refractivity contribution in [2.75, 3.05) is 19.8 Å². The Morgan fingerprint density at radius 2 is 1.95 bits per heavy atom. The van der Waals surface area contributed by atoms with Crippen LogP contribution < -0.4 is 5.32 Å². The van der Waals surface area contributed by atoms with Crippen LogP contribution in [0.3, 0.4) is 0 Å². The van der Waals surface area contributed by atoms with Crippen LogP contribution in [0.2, 0.25) is 0 Å². The Hall–Kier alpha value is -1.92. The van der Waals surface area contributed by atoms with Gasteiger partial charge in [-0.05, 0) is 13.3 Å². The van der Waals surface area contributed by atoms with Crippen molar-refractivity contribution in [2.24, 2.45) is 0 Å². The highest BCUT2D eigenvalue weighted by Crippen LogP contribution is 2.23. The van der Waals surface area contributed by atoms with Crippen molar-refractivity contribution in [1.82, 2.24) is 5.32 Å². The van der Waals surface area contributed by atoms with Gasteiger partial charge in [0.2, 0.25) is 0 Å². The molecule has 1 heterocycles. The maximum absolute atomic E-state index is 12.2. The van der Waals surface area contributed by atoms with Gasteiger partial charge in [-0.1, -0.05) is 19.2 Å². The second-order valence-corrected chi connectivity index (χ2v) is 4.69. The van der Waals surface area contributed by atoms with Crippen LogP contribution in [-0.2, 0) is 23.8 Å². The minimum Gasteiger partial charge on any atom is -0.426 e. The summed E-state index contributed by atoms with van der Waals surface area (Å²) in [6.45, 7) is 13.0.